The van der Waals surface area contributed by atoms with Gasteiger partial charge < -0.3 is 10.0 Å². The van der Waals surface area contributed by atoms with Gasteiger partial charge in [-0.2, -0.15) is 11.8 Å². The summed E-state index contributed by atoms with van der Waals surface area (Å²) in [5.41, 5.74) is 1.02. The van der Waals surface area contributed by atoms with Crippen molar-refractivity contribution in [3.8, 4) is 0 Å². The average Bonchev–Trinajstić information content (AvgIpc) is 2.45. The second-order valence-corrected chi connectivity index (χ2v) is 6.53. The number of benzene rings is 1. The van der Waals surface area contributed by atoms with Gasteiger partial charge in [-0.1, -0.05) is 25.1 Å². The number of carboxylic acid groups (broad SMARTS) is 1. The molecule has 1 amide bonds. The molecule has 1 unspecified atom stereocenters. The minimum absolute atomic E-state index is 0.123. The Balaban J connectivity index is 1.95. The summed E-state index contributed by atoms with van der Waals surface area (Å²) in [4.78, 5) is 25.2. The van der Waals surface area contributed by atoms with Crippen LogP contribution in [0.1, 0.15) is 29.3 Å². The summed E-state index contributed by atoms with van der Waals surface area (Å²) in [7, 11) is 0. The molecule has 108 valence electrons. The number of thioether (sulfide) groups is 1. The van der Waals surface area contributed by atoms with Gasteiger partial charge in [0.05, 0.1) is 5.56 Å². The van der Waals surface area contributed by atoms with E-state index in [0.717, 1.165) is 24.4 Å². The monoisotopic (exact) mass is 293 g/mol. The Morgan fingerprint density at radius 3 is 2.85 bits per heavy atom. The van der Waals surface area contributed by atoms with Crippen LogP contribution in [0.15, 0.2) is 24.3 Å². The van der Waals surface area contributed by atoms with E-state index in [-0.39, 0.29) is 5.91 Å². The number of aromatic carboxylic acids is 1. The highest BCUT2D eigenvalue weighted by molar-refractivity contribution is 7.99. The van der Waals surface area contributed by atoms with Crippen molar-refractivity contribution in [3.63, 3.8) is 0 Å². The number of rotatable bonds is 4. The van der Waals surface area contributed by atoms with Crippen molar-refractivity contribution in [2.75, 3.05) is 18.8 Å². The van der Waals surface area contributed by atoms with Gasteiger partial charge in [0.2, 0.25) is 5.91 Å². The van der Waals surface area contributed by atoms with E-state index in [0.29, 0.717) is 23.7 Å². The van der Waals surface area contributed by atoms with Gasteiger partial charge in [-0.25, -0.2) is 4.79 Å². The molecule has 1 atom stereocenters. The van der Waals surface area contributed by atoms with Crippen molar-refractivity contribution in [2.45, 2.75) is 25.0 Å². The number of carbonyl (C=O) groups excluding carboxylic acids is 1. The first-order valence-electron chi connectivity index (χ1n) is 6.78. The zero-order valence-electron chi connectivity index (χ0n) is 11.5. The van der Waals surface area contributed by atoms with Crippen LogP contribution in [0.25, 0.3) is 0 Å². The molecular formula is C15H19NO3S. The first-order chi connectivity index (χ1) is 9.58. The molecule has 1 aliphatic heterocycles. The molecule has 0 spiro atoms. The maximum atomic E-state index is 12.2. The molecule has 20 heavy (non-hydrogen) atoms. The highest BCUT2D eigenvalue weighted by Crippen LogP contribution is 2.19. The minimum Gasteiger partial charge on any atom is -0.478 e. The van der Waals surface area contributed by atoms with Crippen LogP contribution in [0.5, 0.6) is 0 Å². The Labute approximate surface area is 123 Å². The van der Waals surface area contributed by atoms with Crippen LogP contribution in [-0.4, -0.2) is 46.0 Å². The molecule has 1 aromatic carbocycles. The SMILES string of the molecule is CC1CN(C(=O)CCc2ccccc2C(=O)O)CCS1. The van der Waals surface area contributed by atoms with Gasteiger partial charge in [0.25, 0.3) is 0 Å². The van der Waals surface area contributed by atoms with Crippen molar-refractivity contribution < 1.29 is 14.7 Å². The van der Waals surface area contributed by atoms with E-state index in [1.807, 2.05) is 22.7 Å². The second-order valence-electron chi connectivity index (χ2n) is 4.98. The lowest BCUT2D eigenvalue weighted by Crippen LogP contribution is -2.41. The summed E-state index contributed by atoms with van der Waals surface area (Å²) in [6.07, 6.45) is 0.862. The van der Waals surface area contributed by atoms with Crippen molar-refractivity contribution in [2.24, 2.45) is 0 Å². The summed E-state index contributed by atoms with van der Waals surface area (Å²) in [6.45, 7) is 3.72. The molecule has 0 bridgehead atoms. The fraction of sp³-hybridized carbons (Fsp3) is 0.467. The van der Waals surface area contributed by atoms with E-state index in [9.17, 15) is 9.59 Å². The predicted molar refractivity (Wildman–Crippen MR) is 80.2 cm³/mol. The van der Waals surface area contributed by atoms with Gasteiger partial charge in [-0.15, -0.1) is 0 Å². The van der Waals surface area contributed by atoms with Gasteiger partial charge in [-0.3, -0.25) is 4.79 Å². The van der Waals surface area contributed by atoms with Crippen molar-refractivity contribution >= 4 is 23.6 Å². The molecule has 0 aromatic heterocycles. The van der Waals surface area contributed by atoms with Crippen molar-refractivity contribution in [1.82, 2.24) is 4.90 Å². The fourth-order valence-electron chi connectivity index (χ4n) is 2.39. The number of amides is 1. The number of hydrogen-bond donors (Lipinski definition) is 1. The minimum atomic E-state index is -0.934. The molecule has 1 heterocycles. The third-order valence-corrected chi connectivity index (χ3v) is 4.59. The largest absolute Gasteiger partial charge is 0.478 e. The van der Waals surface area contributed by atoms with Crippen LogP contribution in [0.2, 0.25) is 0 Å². The average molecular weight is 293 g/mol. The molecular weight excluding hydrogens is 274 g/mol. The number of aryl methyl sites for hydroxylation is 1. The Morgan fingerprint density at radius 2 is 2.15 bits per heavy atom. The van der Waals surface area contributed by atoms with Crippen LogP contribution in [0, 0.1) is 0 Å². The van der Waals surface area contributed by atoms with Crippen LogP contribution in [-0.2, 0) is 11.2 Å². The summed E-state index contributed by atoms with van der Waals surface area (Å²) >= 11 is 1.89. The highest BCUT2D eigenvalue weighted by atomic mass is 32.2. The van der Waals surface area contributed by atoms with Crippen molar-refractivity contribution in [3.05, 3.63) is 35.4 Å². The number of nitrogens with zero attached hydrogens (tertiary/aromatic N) is 1. The molecule has 4 nitrogen and oxygen atoms in total. The van der Waals surface area contributed by atoms with Gasteiger partial charge in [0.1, 0.15) is 0 Å². The Hall–Kier alpha value is -1.49. The van der Waals surface area contributed by atoms with Crippen molar-refractivity contribution in [1.29, 1.82) is 0 Å². The normalized spacial score (nSPS) is 18.9. The maximum Gasteiger partial charge on any atom is 0.335 e. The first kappa shape index (κ1) is 14.9. The lowest BCUT2D eigenvalue weighted by Gasteiger charge is -2.30. The lowest BCUT2D eigenvalue weighted by molar-refractivity contribution is -0.131. The topological polar surface area (TPSA) is 57.6 Å². The molecule has 5 heteroatoms. The van der Waals surface area contributed by atoms with Gasteiger partial charge in [0.15, 0.2) is 0 Å². The molecule has 1 saturated heterocycles. The standard InChI is InChI=1S/C15H19NO3S/c1-11-10-16(8-9-20-11)14(17)7-6-12-4-2-3-5-13(12)15(18)19/h2-5,11H,6-10H2,1H3,(H,18,19). The number of carbonyl (C=O) groups is 2. The highest BCUT2D eigenvalue weighted by Gasteiger charge is 2.21. The van der Waals surface area contributed by atoms with Crippen LogP contribution < -0.4 is 0 Å². The Morgan fingerprint density at radius 1 is 1.40 bits per heavy atom. The second kappa shape index (κ2) is 6.79. The van der Waals surface area contributed by atoms with E-state index < -0.39 is 5.97 Å². The predicted octanol–water partition coefficient (Wildman–Crippen LogP) is 2.28. The van der Waals surface area contributed by atoms with E-state index in [2.05, 4.69) is 6.92 Å². The lowest BCUT2D eigenvalue weighted by atomic mass is 10.0. The number of hydrogen-bond acceptors (Lipinski definition) is 3. The smallest absolute Gasteiger partial charge is 0.335 e. The molecule has 1 aliphatic rings. The quantitative estimate of drug-likeness (QED) is 0.925. The van der Waals surface area contributed by atoms with E-state index in [1.165, 1.54) is 0 Å². The number of carboxylic acids is 1. The molecule has 0 radical (unpaired) electrons. The van der Waals surface area contributed by atoms with Gasteiger partial charge >= 0.3 is 5.97 Å². The summed E-state index contributed by atoms with van der Waals surface area (Å²) in [5.74, 6) is 0.173. The van der Waals surface area contributed by atoms with Crippen LogP contribution >= 0.6 is 11.8 Å². The van der Waals surface area contributed by atoms with Crippen LogP contribution in [0.4, 0.5) is 0 Å². The first-order valence-corrected chi connectivity index (χ1v) is 7.83. The van der Waals surface area contributed by atoms with E-state index in [1.54, 1.807) is 18.2 Å². The zero-order valence-corrected chi connectivity index (χ0v) is 12.4. The Bertz CT molecular complexity index is 504. The third kappa shape index (κ3) is 3.76. The van der Waals surface area contributed by atoms with Gasteiger partial charge in [0, 0.05) is 30.5 Å². The molecule has 0 aliphatic carbocycles. The molecule has 0 saturated carbocycles. The molecule has 1 aromatic rings. The third-order valence-electron chi connectivity index (χ3n) is 3.45. The van der Waals surface area contributed by atoms with Gasteiger partial charge in [-0.05, 0) is 18.1 Å². The zero-order chi connectivity index (χ0) is 14.5. The summed E-state index contributed by atoms with van der Waals surface area (Å²) in [5, 5.41) is 9.60. The summed E-state index contributed by atoms with van der Waals surface area (Å²) in [6, 6.07) is 6.89. The van der Waals surface area contributed by atoms with E-state index in [4.69, 9.17) is 5.11 Å². The fourth-order valence-corrected chi connectivity index (χ4v) is 3.41. The molecule has 2 rings (SSSR count). The molecule has 1 N–H and O–H groups in total. The summed E-state index contributed by atoms with van der Waals surface area (Å²) < 4.78 is 0. The maximum absolute atomic E-state index is 12.2. The van der Waals surface area contributed by atoms with E-state index >= 15 is 0 Å². The Kier molecular flexibility index (Phi) is 5.06. The molecule has 1 fully saturated rings. The van der Waals surface area contributed by atoms with Crippen LogP contribution in [0.3, 0.4) is 0 Å².